The van der Waals surface area contributed by atoms with Gasteiger partial charge in [0, 0.05) is 42.9 Å². The van der Waals surface area contributed by atoms with Gasteiger partial charge in [-0.05, 0) is 47.9 Å². The molecule has 1 N–H and O–H groups in total. The highest BCUT2D eigenvalue weighted by Gasteiger charge is 2.15. The minimum atomic E-state index is 0.0154. The molecule has 0 bridgehead atoms. The summed E-state index contributed by atoms with van der Waals surface area (Å²) in [6.45, 7) is 5.31. The second kappa shape index (κ2) is 7.74. The van der Waals surface area contributed by atoms with Crippen molar-refractivity contribution in [1.29, 1.82) is 0 Å². The molecule has 4 heteroatoms. The average Bonchev–Trinajstić information content (AvgIpc) is 2.68. The quantitative estimate of drug-likeness (QED) is 0.848. The summed E-state index contributed by atoms with van der Waals surface area (Å²) < 4.78 is 5.39. The second-order valence-corrected chi connectivity index (χ2v) is 6.71. The molecular formula is C22H22N2O2. The summed E-state index contributed by atoms with van der Waals surface area (Å²) >= 11 is 0. The molecule has 2 aromatic carbocycles. The van der Waals surface area contributed by atoms with Crippen LogP contribution in [0.5, 0.6) is 0 Å². The lowest BCUT2D eigenvalue weighted by molar-refractivity contribution is 0.0342. The van der Waals surface area contributed by atoms with Gasteiger partial charge in [0.1, 0.15) is 0 Å². The van der Waals surface area contributed by atoms with Crippen LogP contribution in [0.1, 0.15) is 32.6 Å². The molecule has 1 amide bonds. The van der Waals surface area contributed by atoms with E-state index in [4.69, 9.17) is 4.74 Å². The maximum absolute atomic E-state index is 11.8. The summed E-state index contributed by atoms with van der Waals surface area (Å²) in [6.07, 6.45) is 0.868. The molecule has 0 atom stereocenters. The van der Waals surface area contributed by atoms with Gasteiger partial charge in [-0.1, -0.05) is 24.0 Å². The van der Waals surface area contributed by atoms with Crippen molar-refractivity contribution in [3.63, 3.8) is 0 Å². The van der Waals surface area contributed by atoms with Crippen LogP contribution >= 0.6 is 0 Å². The first-order valence-corrected chi connectivity index (χ1v) is 9.10. The zero-order valence-corrected chi connectivity index (χ0v) is 14.8. The van der Waals surface area contributed by atoms with E-state index in [9.17, 15) is 4.79 Å². The number of morpholine rings is 1. The number of amides is 1. The van der Waals surface area contributed by atoms with Crippen LogP contribution in [0.4, 0.5) is 0 Å². The van der Waals surface area contributed by atoms with Crippen LogP contribution in [-0.2, 0) is 17.7 Å². The van der Waals surface area contributed by atoms with E-state index < -0.39 is 0 Å². The van der Waals surface area contributed by atoms with Crippen molar-refractivity contribution < 1.29 is 9.53 Å². The maximum Gasteiger partial charge on any atom is 0.251 e. The Labute approximate surface area is 154 Å². The minimum Gasteiger partial charge on any atom is -0.379 e. The van der Waals surface area contributed by atoms with E-state index in [-0.39, 0.29) is 5.91 Å². The molecule has 1 fully saturated rings. The van der Waals surface area contributed by atoms with Gasteiger partial charge in [-0.15, -0.1) is 0 Å². The summed E-state index contributed by atoms with van der Waals surface area (Å²) in [5.74, 6) is 6.46. The Morgan fingerprint density at radius 3 is 2.54 bits per heavy atom. The number of hydrogen-bond donors (Lipinski definition) is 1. The van der Waals surface area contributed by atoms with Crippen molar-refractivity contribution in [2.45, 2.75) is 13.0 Å². The molecule has 4 nitrogen and oxygen atoms in total. The Morgan fingerprint density at radius 2 is 1.73 bits per heavy atom. The molecule has 2 aromatic rings. The van der Waals surface area contributed by atoms with E-state index in [0.717, 1.165) is 61.5 Å². The highest BCUT2D eigenvalue weighted by Crippen LogP contribution is 2.16. The predicted molar refractivity (Wildman–Crippen MR) is 101 cm³/mol. The van der Waals surface area contributed by atoms with Gasteiger partial charge in [0.25, 0.3) is 5.91 Å². The molecule has 0 spiro atoms. The molecule has 132 valence electrons. The monoisotopic (exact) mass is 346 g/mol. The van der Waals surface area contributed by atoms with Gasteiger partial charge in [0.2, 0.25) is 0 Å². The third-order valence-electron chi connectivity index (χ3n) is 4.84. The molecule has 2 aliphatic heterocycles. The van der Waals surface area contributed by atoms with E-state index in [2.05, 4.69) is 46.3 Å². The smallest absolute Gasteiger partial charge is 0.251 e. The molecule has 1 saturated heterocycles. The highest BCUT2D eigenvalue weighted by molar-refractivity contribution is 5.96. The van der Waals surface area contributed by atoms with Crippen LogP contribution in [0.2, 0.25) is 0 Å². The maximum atomic E-state index is 11.8. The average molecular weight is 346 g/mol. The van der Waals surface area contributed by atoms with Crippen molar-refractivity contribution in [3.8, 4) is 11.8 Å². The van der Waals surface area contributed by atoms with E-state index >= 15 is 0 Å². The van der Waals surface area contributed by atoms with Crippen LogP contribution in [0.3, 0.4) is 0 Å². The lowest BCUT2D eigenvalue weighted by atomic mass is 9.98. The highest BCUT2D eigenvalue weighted by atomic mass is 16.5. The van der Waals surface area contributed by atoms with Gasteiger partial charge in [-0.3, -0.25) is 9.69 Å². The molecule has 2 aliphatic rings. The lowest BCUT2D eigenvalue weighted by Crippen LogP contribution is -2.35. The first-order chi connectivity index (χ1) is 12.8. The number of benzene rings is 2. The predicted octanol–water partition coefficient (Wildman–Crippen LogP) is 2.20. The molecule has 0 saturated carbocycles. The Hall–Kier alpha value is -2.61. The Balaban J connectivity index is 1.44. The second-order valence-electron chi connectivity index (χ2n) is 6.71. The summed E-state index contributed by atoms with van der Waals surface area (Å²) in [7, 11) is 0. The fourth-order valence-electron chi connectivity index (χ4n) is 3.36. The number of carbonyl (C=O) groups is 1. The van der Waals surface area contributed by atoms with Crippen molar-refractivity contribution in [3.05, 3.63) is 70.3 Å². The molecule has 0 radical (unpaired) electrons. The number of rotatable bonds is 2. The molecule has 0 unspecified atom stereocenters. The van der Waals surface area contributed by atoms with Gasteiger partial charge in [0.15, 0.2) is 0 Å². The Bertz CT molecular complexity index is 856. The van der Waals surface area contributed by atoms with Crippen molar-refractivity contribution >= 4 is 5.91 Å². The Morgan fingerprint density at radius 1 is 1.00 bits per heavy atom. The minimum absolute atomic E-state index is 0.0154. The molecule has 0 aromatic heterocycles. The van der Waals surface area contributed by atoms with Crippen LogP contribution in [-0.4, -0.2) is 43.7 Å². The van der Waals surface area contributed by atoms with Crippen LogP contribution < -0.4 is 5.32 Å². The van der Waals surface area contributed by atoms with Gasteiger partial charge in [-0.2, -0.15) is 0 Å². The number of carbonyl (C=O) groups excluding carboxylic acids is 1. The van der Waals surface area contributed by atoms with E-state index in [1.54, 1.807) is 0 Å². The molecule has 2 heterocycles. The largest absolute Gasteiger partial charge is 0.379 e. The fraction of sp³-hybridized carbons (Fsp3) is 0.318. The summed E-state index contributed by atoms with van der Waals surface area (Å²) in [6, 6.07) is 14.3. The van der Waals surface area contributed by atoms with Crippen molar-refractivity contribution in [2.75, 3.05) is 32.8 Å². The summed E-state index contributed by atoms with van der Waals surface area (Å²) in [4.78, 5) is 14.2. The van der Waals surface area contributed by atoms with Crippen molar-refractivity contribution in [1.82, 2.24) is 10.2 Å². The van der Waals surface area contributed by atoms with Crippen LogP contribution in [0, 0.1) is 11.8 Å². The van der Waals surface area contributed by atoms with Gasteiger partial charge < -0.3 is 10.1 Å². The molecule has 0 aliphatic carbocycles. The van der Waals surface area contributed by atoms with E-state index in [0.29, 0.717) is 6.54 Å². The molecule has 26 heavy (non-hydrogen) atoms. The first kappa shape index (κ1) is 16.8. The van der Waals surface area contributed by atoms with Gasteiger partial charge in [0.05, 0.1) is 13.2 Å². The Kier molecular flexibility index (Phi) is 5.01. The van der Waals surface area contributed by atoms with Gasteiger partial charge >= 0.3 is 0 Å². The van der Waals surface area contributed by atoms with E-state index in [1.165, 1.54) is 5.56 Å². The van der Waals surface area contributed by atoms with E-state index in [1.807, 2.05) is 18.2 Å². The SMILES string of the molecule is O=C1NCCc2cc(C#Cc3ccc(CN4CCOCC4)cc3)ccc21. The summed E-state index contributed by atoms with van der Waals surface area (Å²) in [5.41, 5.74) is 5.12. The number of hydrogen-bond acceptors (Lipinski definition) is 3. The number of fused-ring (bicyclic) bond motifs is 1. The zero-order valence-electron chi connectivity index (χ0n) is 14.8. The number of nitrogens with one attached hydrogen (secondary N) is 1. The zero-order chi connectivity index (χ0) is 17.8. The topological polar surface area (TPSA) is 41.6 Å². The van der Waals surface area contributed by atoms with Crippen molar-refractivity contribution in [2.24, 2.45) is 0 Å². The first-order valence-electron chi connectivity index (χ1n) is 9.10. The fourth-order valence-corrected chi connectivity index (χ4v) is 3.36. The normalized spacial score (nSPS) is 17.0. The third-order valence-corrected chi connectivity index (χ3v) is 4.84. The number of ether oxygens (including phenoxy) is 1. The third kappa shape index (κ3) is 3.96. The standard InChI is InChI=1S/C22H22N2O2/c25-22-21-8-7-18(15-20(21)9-10-23-22)4-1-17-2-5-19(6-3-17)16-24-11-13-26-14-12-24/h2-3,5-8,15H,9-14,16H2,(H,23,25). The van der Waals surface area contributed by atoms with Crippen LogP contribution in [0.15, 0.2) is 42.5 Å². The molecular weight excluding hydrogens is 324 g/mol. The van der Waals surface area contributed by atoms with Gasteiger partial charge in [-0.25, -0.2) is 0 Å². The lowest BCUT2D eigenvalue weighted by Gasteiger charge is -2.26. The van der Waals surface area contributed by atoms with Crippen LogP contribution in [0.25, 0.3) is 0 Å². The summed E-state index contributed by atoms with van der Waals surface area (Å²) in [5, 5.41) is 2.86. The molecule has 4 rings (SSSR count). The number of nitrogens with zero attached hydrogens (tertiary/aromatic N) is 1.